The zero-order valence-corrected chi connectivity index (χ0v) is 13.8. The summed E-state index contributed by atoms with van der Waals surface area (Å²) in [5, 5.41) is 7.82. The number of amides is 1. The molecule has 0 fully saturated rings. The van der Waals surface area contributed by atoms with E-state index in [9.17, 15) is 18.0 Å². The molecule has 0 radical (unpaired) electrons. The first-order valence-electron chi connectivity index (χ1n) is 7.39. The van der Waals surface area contributed by atoms with E-state index in [1.165, 1.54) is 12.1 Å². The van der Waals surface area contributed by atoms with Crippen molar-refractivity contribution in [3.8, 4) is 0 Å². The van der Waals surface area contributed by atoms with Crippen molar-refractivity contribution in [2.45, 2.75) is 24.3 Å². The van der Waals surface area contributed by atoms with E-state index in [-0.39, 0.29) is 17.2 Å². The van der Waals surface area contributed by atoms with Gasteiger partial charge < -0.3 is 9.88 Å². The van der Waals surface area contributed by atoms with Crippen molar-refractivity contribution in [3.63, 3.8) is 0 Å². The number of nitrogens with zero attached hydrogens (tertiary/aromatic N) is 1. The zero-order chi connectivity index (χ0) is 17.6. The number of carbonyl (C=O) groups is 2. The number of aldehydes is 1. The highest BCUT2D eigenvalue weighted by Gasteiger charge is 2.07. The van der Waals surface area contributed by atoms with Crippen LogP contribution in [0.1, 0.15) is 22.5 Å². The number of rotatable bonds is 8. The molecule has 7 nitrogen and oxygen atoms in total. The van der Waals surface area contributed by atoms with Crippen LogP contribution in [-0.2, 0) is 27.8 Å². The van der Waals surface area contributed by atoms with Gasteiger partial charge in [0.15, 0.2) is 6.29 Å². The third-order valence-corrected chi connectivity index (χ3v) is 4.48. The number of primary sulfonamides is 1. The van der Waals surface area contributed by atoms with Crippen LogP contribution in [0.2, 0.25) is 0 Å². The topological polar surface area (TPSA) is 111 Å². The van der Waals surface area contributed by atoms with Crippen LogP contribution in [0.25, 0.3) is 0 Å². The highest BCUT2D eigenvalue weighted by atomic mass is 32.2. The van der Waals surface area contributed by atoms with Crippen LogP contribution in [0, 0.1) is 0 Å². The molecule has 2 rings (SSSR count). The largest absolute Gasteiger partial charge is 0.356 e. The van der Waals surface area contributed by atoms with Crippen LogP contribution in [0.3, 0.4) is 0 Å². The van der Waals surface area contributed by atoms with E-state index in [2.05, 4.69) is 5.32 Å². The molecule has 0 bridgehead atoms. The first kappa shape index (κ1) is 17.9. The molecule has 1 heterocycles. The van der Waals surface area contributed by atoms with Gasteiger partial charge in [-0.2, -0.15) is 0 Å². The lowest BCUT2D eigenvalue weighted by molar-refractivity contribution is -0.121. The van der Waals surface area contributed by atoms with Gasteiger partial charge in [0, 0.05) is 25.7 Å². The molecular formula is C16H19N3O4S. The van der Waals surface area contributed by atoms with E-state index in [4.69, 9.17) is 5.14 Å². The second kappa shape index (κ2) is 7.89. The van der Waals surface area contributed by atoms with Crippen molar-refractivity contribution in [3.05, 3.63) is 53.9 Å². The lowest BCUT2D eigenvalue weighted by Gasteiger charge is -2.07. The minimum Gasteiger partial charge on any atom is -0.356 e. The van der Waals surface area contributed by atoms with Crippen LogP contribution in [0.15, 0.2) is 47.5 Å². The third-order valence-electron chi connectivity index (χ3n) is 3.55. The van der Waals surface area contributed by atoms with E-state index in [1.54, 1.807) is 35.0 Å². The number of hydrogen-bond donors (Lipinski definition) is 2. The molecule has 128 valence electrons. The van der Waals surface area contributed by atoms with Gasteiger partial charge in [0.25, 0.3) is 0 Å². The first-order valence-corrected chi connectivity index (χ1v) is 8.93. The Morgan fingerprint density at radius 3 is 2.54 bits per heavy atom. The number of aryl methyl sites for hydroxylation is 1. The molecule has 1 aromatic carbocycles. The average molecular weight is 349 g/mol. The van der Waals surface area contributed by atoms with E-state index in [0.29, 0.717) is 25.2 Å². The lowest BCUT2D eigenvalue weighted by atomic mass is 10.1. The molecular weight excluding hydrogens is 330 g/mol. The maximum absolute atomic E-state index is 11.8. The summed E-state index contributed by atoms with van der Waals surface area (Å²) in [6, 6.07) is 9.67. The molecule has 3 N–H and O–H groups in total. The van der Waals surface area contributed by atoms with Crippen molar-refractivity contribution in [2.24, 2.45) is 5.14 Å². The van der Waals surface area contributed by atoms with Gasteiger partial charge in [0.1, 0.15) is 0 Å². The van der Waals surface area contributed by atoms with E-state index in [1.807, 2.05) is 0 Å². The van der Waals surface area contributed by atoms with Gasteiger partial charge in [-0.05, 0) is 36.2 Å². The van der Waals surface area contributed by atoms with Crippen molar-refractivity contribution < 1.29 is 18.0 Å². The third kappa shape index (κ3) is 5.04. The summed E-state index contributed by atoms with van der Waals surface area (Å²) in [6.07, 6.45) is 3.37. The maximum atomic E-state index is 11.8. The molecule has 0 saturated carbocycles. The predicted molar refractivity (Wildman–Crippen MR) is 89.0 cm³/mol. The Kier molecular flexibility index (Phi) is 5.88. The van der Waals surface area contributed by atoms with Gasteiger partial charge in [0.2, 0.25) is 15.9 Å². The number of nitrogens with one attached hydrogen (secondary N) is 1. The minimum absolute atomic E-state index is 0.0630. The molecule has 8 heteroatoms. The molecule has 1 aromatic heterocycles. The summed E-state index contributed by atoms with van der Waals surface area (Å²) in [7, 11) is -3.69. The monoisotopic (exact) mass is 349 g/mol. The molecule has 0 atom stereocenters. The smallest absolute Gasteiger partial charge is 0.238 e. The first-order chi connectivity index (χ1) is 11.4. The van der Waals surface area contributed by atoms with Crippen molar-refractivity contribution in [2.75, 3.05) is 6.54 Å². The van der Waals surface area contributed by atoms with Crippen molar-refractivity contribution in [1.82, 2.24) is 9.88 Å². The van der Waals surface area contributed by atoms with Crippen LogP contribution < -0.4 is 10.5 Å². The second-order valence-corrected chi connectivity index (χ2v) is 6.84. The predicted octanol–water partition coefficient (Wildman–Crippen LogP) is 0.697. The molecule has 0 spiro atoms. The fraction of sp³-hybridized carbons (Fsp3) is 0.250. The summed E-state index contributed by atoms with van der Waals surface area (Å²) >= 11 is 0. The Balaban J connectivity index is 1.75. The lowest BCUT2D eigenvalue weighted by Crippen LogP contribution is -2.26. The quantitative estimate of drug-likeness (QED) is 0.683. The summed E-state index contributed by atoms with van der Waals surface area (Å²) < 4.78 is 24.0. The van der Waals surface area contributed by atoms with E-state index < -0.39 is 10.0 Å². The zero-order valence-electron chi connectivity index (χ0n) is 13.0. The van der Waals surface area contributed by atoms with E-state index in [0.717, 1.165) is 11.8 Å². The average Bonchev–Trinajstić information content (AvgIpc) is 3.00. The SMILES string of the molecule is NS(=O)(=O)c1ccc(CCNC(=O)CCn2cccc2C=O)cc1. The van der Waals surface area contributed by atoms with E-state index >= 15 is 0 Å². The summed E-state index contributed by atoms with van der Waals surface area (Å²) in [5.74, 6) is -0.110. The molecule has 24 heavy (non-hydrogen) atoms. The van der Waals surface area contributed by atoms with Crippen LogP contribution in [-0.4, -0.2) is 31.7 Å². The highest BCUT2D eigenvalue weighted by Crippen LogP contribution is 2.09. The molecule has 0 saturated heterocycles. The Labute approximate surface area is 140 Å². The van der Waals surface area contributed by atoms with Gasteiger partial charge in [-0.1, -0.05) is 12.1 Å². The molecule has 0 aliphatic rings. The summed E-state index contributed by atoms with van der Waals surface area (Å²) in [6.45, 7) is 0.885. The normalized spacial score (nSPS) is 11.2. The van der Waals surface area contributed by atoms with Gasteiger partial charge in [-0.3, -0.25) is 9.59 Å². The van der Waals surface area contributed by atoms with Gasteiger partial charge in [0.05, 0.1) is 10.6 Å². The van der Waals surface area contributed by atoms with Crippen molar-refractivity contribution >= 4 is 22.2 Å². The number of nitrogens with two attached hydrogens (primary N) is 1. The van der Waals surface area contributed by atoms with Crippen molar-refractivity contribution in [1.29, 1.82) is 0 Å². The van der Waals surface area contributed by atoms with Gasteiger partial charge in [-0.15, -0.1) is 0 Å². The minimum atomic E-state index is -3.69. The fourth-order valence-electron chi connectivity index (χ4n) is 2.24. The summed E-state index contributed by atoms with van der Waals surface area (Å²) in [5.41, 5.74) is 1.44. The standard InChI is InChI=1S/C16H19N3O4S/c17-24(22,23)15-5-3-13(4-6-15)7-9-18-16(21)8-11-19-10-1-2-14(19)12-20/h1-6,10,12H,7-9,11H2,(H,18,21)(H2,17,22,23). The molecule has 0 aliphatic heterocycles. The Hall–Kier alpha value is -2.45. The Bertz CT molecular complexity index is 810. The molecule has 2 aromatic rings. The molecule has 1 amide bonds. The van der Waals surface area contributed by atoms with Gasteiger partial charge >= 0.3 is 0 Å². The summed E-state index contributed by atoms with van der Waals surface area (Å²) in [4.78, 5) is 22.6. The maximum Gasteiger partial charge on any atom is 0.238 e. The molecule has 0 aliphatic carbocycles. The van der Waals surface area contributed by atoms with Crippen LogP contribution >= 0.6 is 0 Å². The second-order valence-electron chi connectivity index (χ2n) is 5.28. The fourth-order valence-corrected chi connectivity index (χ4v) is 2.76. The number of sulfonamides is 1. The molecule has 0 unspecified atom stereocenters. The number of hydrogen-bond acceptors (Lipinski definition) is 4. The number of carbonyl (C=O) groups excluding carboxylic acids is 2. The van der Waals surface area contributed by atoms with Crippen LogP contribution in [0.4, 0.5) is 0 Å². The van der Waals surface area contributed by atoms with Gasteiger partial charge in [-0.25, -0.2) is 13.6 Å². The van der Waals surface area contributed by atoms with Crippen LogP contribution in [0.5, 0.6) is 0 Å². The number of aromatic nitrogens is 1. The Morgan fingerprint density at radius 2 is 1.92 bits per heavy atom. The Morgan fingerprint density at radius 1 is 1.21 bits per heavy atom. The highest BCUT2D eigenvalue weighted by molar-refractivity contribution is 7.89. The number of benzene rings is 1.